The molecule has 0 aliphatic carbocycles. The third-order valence-corrected chi connectivity index (χ3v) is 7.75. The Morgan fingerprint density at radius 3 is 2.23 bits per heavy atom. The van der Waals surface area contributed by atoms with E-state index in [2.05, 4.69) is 5.32 Å². The second-order valence-corrected chi connectivity index (χ2v) is 10.3. The molecule has 8 heteroatoms. The summed E-state index contributed by atoms with van der Waals surface area (Å²) in [5.41, 5.74) is 3.47. The van der Waals surface area contributed by atoms with Crippen LogP contribution in [-0.2, 0) is 19.6 Å². The summed E-state index contributed by atoms with van der Waals surface area (Å²) in [6, 6.07) is 12.2. The molecular formula is C23H27N3O4S. The molecule has 4 rings (SSSR count). The summed E-state index contributed by atoms with van der Waals surface area (Å²) < 4.78 is 26.7. The fraction of sp³-hybridized carbons (Fsp3) is 0.391. The fourth-order valence-corrected chi connectivity index (χ4v) is 5.79. The number of nitrogens with zero attached hydrogens (tertiary/aromatic N) is 2. The number of sulfonamides is 1. The molecule has 1 unspecified atom stereocenters. The highest BCUT2D eigenvalue weighted by Gasteiger charge is 2.35. The molecule has 0 spiro atoms. The van der Waals surface area contributed by atoms with E-state index in [1.165, 1.54) is 16.4 Å². The molecule has 2 saturated heterocycles. The Kier molecular flexibility index (Phi) is 5.85. The fourth-order valence-electron chi connectivity index (χ4n) is 4.27. The van der Waals surface area contributed by atoms with Crippen molar-refractivity contribution in [1.82, 2.24) is 4.31 Å². The number of rotatable bonds is 5. The Bertz CT molecular complexity index is 1090. The van der Waals surface area contributed by atoms with Gasteiger partial charge in [-0.2, -0.15) is 4.31 Å². The van der Waals surface area contributed by atoms with Crippen LogP contribution in [0.25, 0.3) is 0 Å². The average Bonchev–Trinajstić information content (AvgIpc) is 3.38. The van der Waals surface area contributed by atoms with Crippen LogP contribution < -0.4 is 10.2 Å². The maximum absolute atomic E-state index is 12.7. The van der Waals surface area contributed by atoms with Crippen molar-refractivity contribution in [2.45, 2.75) is 38.0 Å². The van der Waals surface area contributed by atoms with Crippen LogP contribution in [0.4, 0.5) is 11.4 Å². The van der Waals surface area contributed by atoms with Crippen molar-refractivity contribution in [1.29, 1.82) is 0 Å². The molecule has 7 nitrogen and oxygen atoms in total. The SMILES string of the molecule is Cc1cc(C)cc(N2CC(C(=O)Nc3ccc(S(=O)(=O)N4CCCC4)cc3)CC2=O)c1. The lowest BCUT2D eigenvalue weighted by Crippen LogP contribution is -2.28. The Hall–Kier alpha value is -2.71. The molecule has 164 valence electrons. The third-order valence-electron chi connectivity index (χ3n) is 5.84. The molecule has 1 N–H and O–H groups in total. The number of anilines is 2. The zero-order valence-corrected chi connectivity index (χ0v) is 18.6. The largest absolute Gasteiger partial charge is 0.326 e. The van der Waals surface area contributed by atoms with E-state index in [-0.39, 0.29) is 23.1 Å². The number of hydrogen-bond donors (Lipinski definition) is 1. The summed E-state index contributed by atoms with van der Waals surface area (Å²) in [7, 11) is -3.48. The van der Waals surface area contributed by atoms with Gasteiger partial charge in [0.1, 0.15) is 0 Å². The molecule has 2 fully saturated rings. The van der Waals surface area contributed by atoms with Gasteiger partial charge in [0.05, 0.1) is 10.8 Å². The van der Waals surface area contributed by atoms with Crippen molar-refractivity contribution >= 4 is 33.2 Å². The summed E-state index contributed by atoms with van der Waals surface area (Å²) >= 11 is 0. The molecule has 2 aliphatic heterocycles. The van der Waals surface area contributed by atoms with Gasteiger partial charge in [0.2, 0.25) is 21.8 Å². The van der Waals surface area contributed by atoms with Crippen LogP contribution in [0.15, 0.2) is 47.4 Å². The molecule has 2 aromatic carbocycles. The van der Waals surface area contributed by atoms with E-state index in [1.54, 1.807) is 17.0 Å². The van der Waals surface area contributed by atoms with Crippen LogP contribution in [0, 0.1) is 19.8 Å². The first-order valence-corrected chi connectivity index (χ1v) is 12.0. The van der Waals surface area contributed by atoms with Crippen LogP contribution >= 0.6 is 0 Å². The minimum absolute atomic E-state index is 0.0720. The number of carbonyl (C=O) groups excluding carboxylic acids is 2. The zero-order valence-electron chi connectivity index (χ0n) is 17.8. The number of amides is 2. The van der Waals surface area contributed by atoms with E-state index in [0.717, 1.165) is 29.7 Å². The maximum atomic E-state index is 12.7. The molecule has 0 bridgehead atoms. The minimum atomic E-state index is -3.48. The lowest BCUT2D eigenvalue weighted by Gasteiger charge is -2.18. The van der Waals surface area contributed by atoms with Crippen molar-refractivity contribution in [2.75, 3.05) is 29.9 Å². The van der Waals surface area contributed by atoms with E-state index in [9.17, 15) is 18.0 Å². The van der Waals surface area contributed by atoms with Crippen LogP contribution in [0.1, 0.15) is 30.4 Å². The molecule has 31 heavy (non-hydrogen) atoms. The predicted octanol–water partition coefficient (Wildman–Crippen LogP) is 3.08. The van der Waals surface area contributed by atoms with Crippen molar-refractivity contribution in [3.05, 3.63) is 53.6 Å². The highest BCUT2D eigenvalue weighted by molar-refractivity contribution is 7.89. The molecular weight excluding hydrogens is 414 g/mol. The predicted molar refractivity (Wildman–Crippen MR) is 119 cm³/mol. The quantitative estimate of drug-likeness (QED) is 0.773. The number of hydrogen-bond acceptors (Lipinski definition) is 4. The number of carbonyl (C=O) groups is 2. The number of nitrogens with one attached hydrogen (secondary N) is 1. The van der Waals surface area contributed by atoms with Gasteiger partial charge in [-0.05, 0) is 74.2 Å². The van der Waals surface area contributed by atoms with Gasteiger partial charge in [-0.25, -0.2) is 8.42 Å². The minimum Gasteiger partial charge on any atom is -0.326 e. The van der Waals surface area contributed by atoms with Gasteiger partial charge in [0.15, 0.2) is 0 Å². The lowest BCUT2D eigenvalue weighted by molar-refractivity contribution is -0.122. The molecule has 2 aromatic rings. The van der Waals surface area contributed by atoms with Gasteiger partial charge in [-0.1, -0.05) is 6.07 Å². The summed E-state index contributed by atoms with van der Waals surface area (Å²) in [5, 5.41) is 2.82. The normalized spacial score (nSPS) is 19.7. The molecule has 2 amide bonds. The summed E-state index contributed by atoms with van der Waals surface area (Å²) in [4.78, 5) is 27.2. The van der Waals surface area contributed by atoms with Gasteiger partial charge >= 0.3 is 0 Å². The number of benzene rings is 2. The smallest absolute Gasteiger partial charge is 0.243 e. The van der Waals surface area contributed by atoms with Gasteiger partial charge in [0, 0.05) is 37.4 Å². The Morgan fingerprint density at radius 1 is 1.00 bits per heavy atom. The molecule has 2 heterocycles. The van der Waals surface area contributed by atoms with Gasteiger partial charge in [-0.15, -0.1) is 0 Å². The highest BCUT2D eigenvalue weighted by Crippen LogP contribution is 2.28. The highest BCUT2D eigenvalue weighted by atomic mass is 32.2. The first-order chi connectivity index (χ1) is 14.7. The van der Waals surface area contributed by atoms with E-state index >= 15 is 0 Å². The second kappa shape index (κ2) is 8.43. The van der Waals surface area contributed by atoms with Crippen molar-refractivity contribution in [2.24, 2.45) is 5.92 Å². The third kappa shape index (κ3) is 4.50. The van der Waals surface area contributed by atoms with Crippen LogP contribution in [0.3, 0.4) is 0 Å². The van der Waals surface area contributed by atoms with Crippen LogP contribution in [-0.4, -0.2) is 44.2 Å². The van der Waals surface area contributed by atoms with Crippen molar-refractivity contribution in [3.8, 4) is 0 Å². The molecule has 0 aromatic heterocycles. The summed E-state index contributed by atoms with van der Waals surface area (Å²) in [5.74, 6) is -0.770. The maximum Gasteiger partial charge on any atom is 0.243 e. The van der Waals surface area contributed by atoms with E-state index < -0.39 is 15.9 Å². The van der Waals surface area contributed by atoms with Crippen molar-refractivity contribution in [3.63, 3.8) is 0 Å². The van der Waals surface area contributed by atoms with Gasteiger partial charge in [-0.3, -0.25) is 9.59 Å². The van der Waals surface area contributed by atoms with Crippen LogP contribution in [0.2, 0.25) is 0 Å². The lowest BCUT2D eigenvalue weighted by atomic mass is 10.1. The first-order valence-electron chi connectivity index (χ1n) is 10.5. The molecule has 2 aliphatic rings. The van der Waals surface area contributed by atoms with Gasteiger partial charge in [0.25, 0.3) is 0 Å². The zero-order chi connectivity index (χ0) is 22.2. The van der Waals surface area contributed by atoms with Crippen LogP contribution in [0.5, 0.6) is 0 Å². The monoisotopic (exact) mass is 441 g/mol. The standard InChI is InChI=1S/C23H27N3O4S/c1-16-11-17(2)13-20(12-16)26-15-18(14-22(26)27)23(28)24-19-5-7-21(8-6-19)31(29,30)25-9-3-4-10-25/h5-8,11-13,18H,3-4,9-10,14-15H2,1-2H3,(H,24,28). The molecule has 1 atom stereocenters. The molecule has 0 radical (unpaired) electrons. The van der Waals surface area contributed by atoms with E-state index in [0.29, 0.717) is 25.3 Å². The number of aryl methyl sites for hydroxylation is 2. The topological polar surface area (TPSA) is 86.8 Å². The molecule has 0 saturated carbocycles. The first kappa shape index (κ1) is 21.5. The Labute approximate surface area is 183 Å². The van der Waals surface area contributed by atoms with E-state index in [4.69, 9.17) is 0 Å². The summed E-state index contributed by atoms with van der Waals surface area (Å²) in [6.07, 6.45) is 1.92. The van der Waals surface area contributed by atoms with E-state index in [1.807, 2.05) is 32.0 Å². The van der Waals surface area contributed by atoms with Crippen molar-refractivity contribution < 1.29 is 18.0 Å². The summed E-state index contributed by atoms with van der Waals surface area (Å²) in [6.45, 7) is 5.39. The Morgan fingerprint density at radius 2 is 1.61 bits per heavy atom. The van der Waals surface area contributed by atoms with Gasteiger partial charge < -0.3 is 10.2 Å². The average molecular weight is 442 g/mol. The second-order valence-electron chi connectivity index (χ2n) is 8.38. The Balaban J connectivity index is 1.42.